The topological polar surface area (TPSA) is 63.8 Å². The molecule has 164 valence electrons. The van der Waals surface area contributed by atoms with E-state index >= 15 is 0 Å². The van der Waals surface area contributed by atoms with Gasteiger partial charge in [0.1, 0.15) is 17.1 Å². The molecule has 0 radical (unpaired) electrons. The molecule has 0 saturated heterocycles. The summed E-state index contributed by atoms with van der Waals surface area (Å²) in [7, 11) is 1.93. The number of pyridine rings is 2. The molecule has 0 spiro atoms. The molecule has 5 heteroatoms. The van der Waals surface area contributed by atoms with Crippen molar-refractivity contribution >= 4 is 11.2 Å². The Balaban J connectivity index is 1.76. The molecule has 0 saturated carbocycles. The van der Waals surface area contributed by atoms with Crippen LogP contribution >= 0.6 is 0 Å². The van der Waals surface area contributed by atoms with Crippen LogP contribution in [0, 0.1) is 0 Å². The predicted molar refractivity (Wildman–Crippen MR) is 133 cm³/mol. The summed E-state index contributed by atoms with van der Waals surface area (Å²) in [6.45, 7) is 6.65. The standard InChI is InChI=1S/C28H26N4O/c1-28(2,3)20-16-18(15-19(17-20)23-10-7-8-13-29-23)21-12-14-30-27-25(21)31-26(32(27)4)22-9-5-6-11-24(22)33/h5-17,33H,1-4H3. The van der Waals surface area contributed by atoms with Crippen LogP contribution in [0.3, 0.4) is 0 Å². The molecule has 1 N–H and O–H groups in total. The Kier molecular flexibility index (Phi) is 4.97. The van der Waals surface area contributed by atoms with Crippen molar-refractivity contribution in [2.24, 2.45) is 7.05 Å². The van der Waals surface area contributed by atoms with Crippen LogP contribution in [0.1, 0.15) is 26.3 Å². The van der Waals surface area contributed by atoms with Gasteiger partial charge in [0.2, 0.25) is 0 Å². The molecule has 5 rings (SSSR count). The highest BCUT2D eigenvalue weighted by atomic mass is 16.3. The van der Waals surface area contributed by atoms with Gasteiger partial charge in [0.25, 0.3) is 0 Å². The first kappa shape index (κ1) is 20.9. The van der Waals surface area contributed by atoms with Gasteiger partial charge >= 0.3 is 0 Å². The van der Waals surface area contributed by atoms with Crippen LogP contribution in [0.15, 0.2) is 79.1 Å². The lowest BCUT2D eigenvalue weighted by Crippen LogP contribution is -2.11. The molecule has 3 heterocycles. The van der Waals surface area contributed by atoms with Crippen molar-refractivity contribution in [2.75, 3.05) is 0 Å². The van der Waals surface area contributed by atoms with Gasteiger partial charge < -0.3 is 9.67 Å². The molecule has 0 aliphatic carbocycles. The molecular weight excluding hydrogens is 408 g/mol. The van der Waals surface area contributed by atoms with Gasteiger partial charge in [-0.15, -0.1) is 0 Å². The van der Waals surface area contributed by atoms with Gasteiger partial charge in [-0.05, 0) is 59.0 Å². The number of aromatic hydroxyl groups is 1. The first-order chi connectivity index (χ1) is 15.8. The lowest BCUT2D eigenvalue weighted by atomic mass is 9.83. The van der Waals surface area contributed by atoms with Crippen LogP contribution < -0.4 is 0 Å². The molecule has 0 unspecified atom stereocenters. The summed E-state index contributed by atoms with van der Waals surface area (Å²) in [5.74, 6) is 0.879. The van der Waals surface area contributed by atoms with Crippen LogP contribution in [0.25, 0.3) is 44.9 Å². The minimum absolute atomic E-state index is 0.0310. The largest absolute Gasteiger partial charge is 0.507 e. The lowest BCUT2D eigenvalue weighted by Gasteiger charge is -2.21. The van der Waals surface area contributed by atoms with E-state index in [0.717, 1.165) is 33.5 Å². The second kappa shape index (κ2) is 7.85. The Morgan fingerprint density at radius 2 is 1.55 bits per heavy atom. The third kappa shape index (κ3) is 3.76. The van der Waals surface area contributed by atoms with E-state index in [4.69, 9.17) is 4.98 Å². The molecule has 33 heavy (non-hydrogen) atoms. The van der Waals surface area contributed by atoms with Crippen LogP contribution in [-0.4, -0.2) is 24.6 Å². The maximum Gasteiger partial charge on any atom is 0.160 e. The molecule has 5 aromatic rings. The van der Waals surface area contributed by atoms with Gasteiger partial charge in [0.05, 0.1) is 11.3 Å². The third-order valence-corrected chi connectivity index (χ3v) is 5.97. The highest BCUT2D eigenvalue weighted by Gasteiger charge is 2.20. The Labute approximate surface area is 193 Å². The van der Waals surface area contributed by atoms with Crippen molar-refractivity contribution in [3.8, 4) is 39.5 Å². The van der Waals surface area contributed by atoms with E-state index in [9.17, 15) is 5.11 Å². The van der Waals surface area contributed by atoms with E-state index in [1.165, 1.54) is 5.56 Å². The molecular formula is C28H26N4O. The van der Waals surface area contributed by atoms with E-state index in [1.54, 1.807) is 6.07 Å². The molecule has 0 bridgehead atoms. The van der Waals surface area contributed by atoms with Crippen molar-refractivity contribution in [1.29, 1.82) is 0 Å². The number of hydrogen-bond acceptors (Lipinski definition) is 4. The van der Waals surface area contributed by atoms with Crippen LogP contribution in [0.2, 0.25) is 0 Å². The number of nitrogens with zero attached hydrogens (tertiary/aromatic N) is 4. The van der Waals surface area contributed by atoms with E-state index in [1.807, 2.05) is 66.5 Å². The zero-order chi connectivity index (χ0) is 23.2. The van der Waals surface area contributed by atoms with Crippen molar-refractivity contribution in [3.05, 3.63) is 84.7 Å². The second-order valence-electron chi connectivity index (χ2n) is 9.31. The fourth-order valence-corrected chi connectivity index (χ4v) is 4.11. The number of phenols is 1. The van der Waals surface area contributed by atoms with Gasteiger partial charge in [-0.1, -0.05) is 45.0 Å². The Morgan fingerprint density at radius 1 is 0.788 bits per heavy atom. The predicted octanol–water partition coefficient (Wildman–Crippen LogP) is 6.37. The molecule has 2 aromatic carbocycles. The second-order valence-corrected chi connectivity index (χ2v) is 9.31. The Morgan fingerprint density at radius 3 is 2.27 bits per heavy atom. The van der Waals surface area contributed by atoms with Gasteiger partial charge in [0.15, 0.2) is 5.65 Å². The highest BCUT2D eigenvalue weighted by Crippen LogP contribution is 2.37. The van der Waals surface area contributed by atoms with Crippen molar-refractivity contribution in [1.82, 2.24) is 19.5 Å². The minimum Gasteiger partial charge on any atom is -0.507 e. The average molecular weight is 435 g/mol. The number of rotatable bonds is 3. The van der Waals surface area contributed by atoms with Gasteiger partial charge in [-0.2, -0.15) is 0 Å². The number of hydrogen-bond donors (Lipinski definition) is 1. The van der Waals surface area contributed by atoms with Gasteiger partial charge in [-0.25, -0.2) is 9.97 Å². The highest BCUT2D eigenvalue weighted by molar-refractivity contribution is 5.93. The van der Waals surface area contributed by atoms with E-state index in [-0.39, 0.29) is 11.2 Å². The average Bonchev–Trinajstić information content (AvgIpc) is 3.15. The quantitative estimate of drug-likeness (QED) is 0.358. The molecule has 0 atom stereocenters. The van der Waals surface area contributed by atoms with Crippen molar-refractivity contribution in [2.45, 2.75) is 26.2 Å². The first-order valence-corrected chi connectivity index (χ1v) is 11.0. The van der Waals surface area contributed by atoms with E-state index in [2.05, 4.69) is 48.9 Å². The normalized spacial score (nSPS) is 11.8. The summed E-state index contributed by atoms with van der Waals surface area (Å²) in [6.07, 6.45) is 3.64. The zero-order valence-corrected chi connectivity index (χ0v) is 19.2. The molecule has 5 nitrogen and oxygen atoms in total. The smallest absolute Gasteiger partial charge is 0.160 e. The molecule has 0 amide bonds. The van der Waals surface area contributed by atoms with E-state index < -0.39 is 0 Å². The monoisotopic (exact) mass is 434 g/mol. The summed E-state index contributed by atoms with van der Waals surface area (Å²) in [5.41, 5.74) is 7.52. The summed E-state index contributed by atoms with van der Waals surface area (Å²) in [6, 6.07) is 21.8. The van der Waals surface area contributed by atoms with Crippen LogP contribution in [0.4, 0.5) is 0 Å². The van der Waals surface area contributed by atoms with Crippen molar-refractivity contribution < 1.29 is 5.11 Å². The number of benzene rings is 2. The number of fused-ring (bicyclic) bond motifs is 1. The summed E-state index contributed by atoms with van der Waals surface area (Å²) in [5, 5.41) is 10.4. The maximum atomic E-state index is 10.4. The molecule has 0 aliphatic heterocycles. The number of aromatic nitrogens is 4. The fourth-order valence-electron chi connectivity index (χ4n) is 4.11. The summed E-state index contributed by atoms with van der Waals surface area (Å²) >= 11 is 0. The van der Waals surface area contributed by atoms with Crippen molar-refractivity contribution in [3.63, 3.8) is 0 Å². The summed E-state index contributed by atoms with van der Waals surface area (Å²) in [4.78, 5) is 14.1. The Bertz CT molecular complexity index is 1460. The summed E-state index contributed by atoms with van der Waals surface area (Å²) < 4.78 is 1.93. The van der Waals surface area contributed by atoms with Crippen LogP contribution in [0.5, 0.6) is 5.75 Å². The molecule has 3 aromatic heterocycles. The lowest BCUT2D eigenvalue weighted by molar-refractivity contribution is 0.476. The SMILES string of the molecule is Cn1c(-c2ccccc2O)nc2c(-c3cc(-c4ccccn4)cc(C(C)(C)C)c3)ccnc21. The van der Waals surface area contributed by atoms with Gasteiger partial charge in [0, 0.05) is 30.6 Å². The molecule has 0 aliphatic rings. The van der Waals surface area contributed by atoms with Gasteiger partial charge in [-0.3, -0.25) is 4.98 Å². The zero-order valence-electron chi connectivity index (χ0n) is 19.2. The maximum absolute atomic E-state index is 10.4. The van der Waals surface area contributed by atoms with E-state index in [0.29, 0.717) is 11.4 Å². The Hall–Kier alpha value is -3.99. The first-order valence-electron chi connectivity index (χ1n) is 11.0. The van der Waals surface area contributed by atoms with Crippen LogP contribution in [-0.2, 0) is 12.5 Å². The minimum atomic E-state index is -0.0310. The number of aryl methyl sites for hydroxylation is 1. The fraction of sp³-hybridized carbons (Fsp3) is 0.179. The number of phenolic OH excluding ortho intramolecular Hbond substituents is 1. The number of para-hydroxylation sites is 1. The molecule has 0 fully saturated rings. The number of imidazole rings is 1. The third-order valence-electron chi connectivity index (χ3n) is 5.97.